The van der Waals surface area contributed by atoms with Gasteiger partial charge in [0.1, 0.15) is 12.1 Å². The first-order chi connectivity index (χ1) is 17.4. The fourth-order valence-corrected chi connectivity index (χ4v) is 4.44. The van der Waals surface area contributed by atoms with Crippen molar-refractivity contribution in [1.82, 2.24) is 24.6 Å². The Morgan fingerprint density at radius 3 is 2.69 bits per heavy atom. The number of anilines is 2. The lowest BCUT2D eigenvalue weighted by Crippen LogP contribution is -2.39. The van der Waals surface area contributed by atoms with Crippen LogP contribution in [0.2, 0.25) is 0 Å². The van der Waals surface area contributed by atoms with E-state index < -0.39 is 18.0 Å². The predicted octanol–water partition coefficient (Wildman–Crippen LogP) is 4.99. The number of amides is 1. The summed E-state index contributed by atoms with van der Waals surface area (Å²) in [6.07, 6.45) is 5.63. The van der Waals surface area contributed by atoms with Crippen LogP contribution in [0.3, 0.4) is 0 Å². The Bertz CT molecular complexity index is 1200. The van der Waals surface area contributed by atoms with Crippen LogP contribution in [0.25, 0.3) is 11.5 Å². The SMILES string of the molecule is CC(C)N1CCC(n2cc(NC(=O)c3coc(-c4ccnc(NCC5CC5)c4)n3)c(C(F)F)n2)CC1. The van der Waals surface area contributed by atoms with Gasteiger partial charge in [0, 0.05) is 43.6 Å². The van der Waals surface area contributed by atoms with Gasteiger partial charge in [0.05, 0.1) is 11.7 Å². The molecule has 192 valence electrons. The van der Waals surface area contributed by atoms with E-state index in [0.717, 1.165) is 32.5 Å². The Balaban J connectivity index is 1.27. The quantitative estimate of drug-likeness (QED) is 0.428. The Morgan fingerprint density at radius 1 is 1.22 bits per heavy atom. The molecule has 1 amide bonds. The number of hydrogen-bond acceptors (Lipinski definition) is 7. The number of hydrogen-bond donors (Lipinski definition) is 2. The number of alkyl halides is 2. The molecule has 4 heterocycles. The van der Waals surface area contributed by atoms with E-state index in [1.165, 1.54) is 25.3 Å². The van der Waals surface area contributed by atoms with Gasteiger partial charge in [-0.3, -0.25) is 9.48 Å². The first-order valence-electron chi connectivity index (χ1n) is 12.5. The number of carbonyl (C=O) groups is 1. The molecular formula is C25H31F2N7O2. The molecule has 2 fully saturated rings. The Kier molecular flexibility index (Phi) is 6.99. The maximum atomic E-state index is 13.7. The van der Waals surface area contributed by atoms with Crippen LogP contribution < -0.4 is 10.6 Å². The molecule has 36 heavy (non-hydrogen) atoms. The fourth-order valence-electron chi connectivity index (χ4n) is 4.44. The van der Waals surface area contributed by atoms with Gasteiger partial charge in [-0.15, -0.1) is 0 Å². The van der Waals surface area contributed by atoms with Crippen LogP contribution >= 0.6 is 0 Å². The number of likely N-dealkylation sites (tertiary alicyclic amines) is 1. The van der Waals surface area contributed by atoms with Crippen molar-refractivity contribution in [2.45, 2.75) is 58.0 Å². The third-order valence-corrected chi connectivity index (χ3v) is 6.83. The van der Waals surface area contributed by atoms with Gasteiger partial charge in [0.2, 0.25) is 5.89 Å². The summed E-state index contributed by atoms with van der Waals surface area (Å²) in [6, 6.07) is 4.00. The lowest BCUT2D eigenvalue weighted by atomic mass is 10.0. The van der Waals surface area contributed by atoms with Crippen LogP contribution in [0.4, 0.5) is 20.3 Å². The van der Waals surface area contributed by atoms with E-state index in [0.29, 0.717) is 23.3 Å². The zero-order chi connectivity index (χ0) is 25.2. The highest BCUT2D eigenvalue weighted by atomic mass is 19.3. The number of rotatable bonds is 9. The standard InChI is InChI=1S/C25H31F2N7O2/c1-15(2)33-9-6-18(7-10-33)34-13-19(22(32-34)23(26)27)30-24(35)20-14-36-25(31-20)17-5-8-28-21(11-17)29-12-16-3-4-16/h5,8,11,13-16,18,23H,3-4,6-7,9-10,12H2,1-2H3,(H,28,29)(H,30,35). The zero-order valence-corrected chi connectivity index (χ0v) is 20.5. The van der Waals surface area contributed by atoms with E-state index in [1.54, 1.807) is 23.0 Å². The molecule has 3 aromatic heterocycles. The summed E-state index contributed by atoms with van der Waals surface area (Å²) in [5.74, 6) is 1.01. The largest absolute Gasteiger partial charge is 0.444 e. The van der Waals surface area contributed by atoms with Crippen LogP contribution in [0.15, 0.2) is 35.2 Å². The van der Waals surface area contributed by atoms with Crippen LogP contribution in [-0.4, -0.2) is 56.2 Å². The minimum atomic E-state index is -2.82. The monoisotopic (exact) mass is 499 g/mol. The number of nitrogens with zero attached hydrogens (tertiary/aromatic N) is 5. The highest BCUT2D eigenvalue weighted by Crippen LogP contribution is 2.31. The molecule has 11 heteroatoms. The molecule has 9 nitrogen and oxygen atoms in total. The highest BCUT2D eigenvalue weighted by molar-refractivity contribution is 6.03. The number of oxazole rings is 1. The minimum absolute atomic E-state index is 0.00694. The third-order valence-electron chi connectivity index (χ3n) is 6.83. The summed E-state index contributed by atoms with van der Waals surface area (Å²) in [5.41, 5.74) is 0.198. The van der Waals surface area contributed by atoms with Gasteiger partial charge in [-0.25, -0.2) is 18.7 Å². The Labute approximate surface area is 208 Å². The molecule has 0 radical (unpaired) electrons. The first-order valence-corrected chi connectivity index (χ1v) is 12.5. The van der Waals surface area contributed by atoms with E-state index >= 15 is 0 Å². The zero-order valence-electron chi connectivity index (χ0n) is 20.5. The number of piperidine rings is 1. The van der Waals surface area contributed by atoms with Gasteiger partial charge >= 0.3 is 0 Å². The number of halogens is 2. The van der Waals surface area contributed by atoms with Crippen LogP contribution in [0.5, 0.6) is 0 Å². The summed E-state index contributed by atoms with van der Waals surface area (Å²) in [5, 5.41) is 9.96. The fraction of sp³-hybridized carbons (Fsp3) is 0.520. The van der Waals surface area contributed by atoms with Gasteiger partial charge in [-0.2, -0.15) is 5.10 Å². The van der Waals surface area contributed by atoms with Gasteiger partial charge < -0.3 is 20.0 Å². The molecule has 1 saturated heterocycles. The van der Waals surface area contributed by atoms with Crippen molar-refractivity contribution in [2.75, 3.05) is 30.3 Å². The van der Waals surface area contributed by atoms with Gasteiger partial charge in [0.25, 0.3) is 12.3 Å². The second-order valence-electron chi connectivity index (χ2n) is 9.82. The lowest BCUT2D eigenvalue weighted by molar-refractivity contribution is 0.102. The van der Waals surface area contributed by atoms with Crippen molar-refractivity contribution < 1.29 is 18.0 Å². The smallest absolute Gasteiger partial charge is 0.284 e. The van der Waals surface area contributed by atoms with Gasteiger partial charge in [-0.1, -0.05) is 0 Å². The molecule has 0 atom stereocenters. The van der Waals surface area contributed by atoms with Crippen LogP contribution in [0, 0.1) is 5.92 Å². The Morgan fingerprint density at radius 2 is 2.00 bits per heavy atom. The molecule has 0 aromatic carbocycles. The van der Waals surface area contributed by atoms with E-state index in [9.17, 15) is 13.6 Å². The van der Waals surface area contributed by atoms with E-state index in [-0.39, 0.29) is 23.3 Å². The molecule has 3 aromatic rings. The van der Waals surface area contributed by atoms with Gasteiger partial charge in [0.15, 0.2) is 11.4 Å². The lowest BCUT2D eigenvalue weighted by Gasteiger charge is -2.34. The van der Waals surface area contributed by atoms with Crippen molar-refractivity contribution in [3.8, 4) is 11.5 Å². The number of carbonyl (C=O) groups excluding carboxylic acids is 1. The molecule has 2 N–H and O–H groups in total. The van der Waals surface area contributed by atoms with E-state index in [2.05, 4.69) is 44.4 Å². The van der Waals surface area contributed by atoms with Crippen LogP contribution in [0.1, 0.15) is 68.2 Å². The molecule has 0 spiro atoms. The summed E-state index contributed by atoms with van der Waals surface area (Å²) in [4.78, 5) is 23.8. The molecule has 1 aliphatic heterocycles. The maximum Gasteiger partial charge on any atom is 0.284 e. The third kappa shape index (κ3) is 5.56. The summed E-state index contributed by atoms with van der Waals surface area (Å²) in [6.45, 7) is 6.91. The molecule has 2 aliphatic rings. The molecule has 0 unspecified atom stereocenters. The van der Waals surface area contributed by atoms with Crippen molar-refractivity contribution in [3.05, 3.63) is 42.2 Å². The molecule has 0 bridgehead atoms. The average Bonchev–Trinajstić information content (AvgIpc) is 3.39. The molecule has 1 saturated carbocycles. The van der Waals surface area contributed by atoms with Crippen molar-refractivity contribution in [1.29, 1.82) is 0 Å². The topological polar surface area (TPSA) is 101 Å². The predicted molar refractivity (Wildman–Crippen MR) is 131 cm³/mol. The van der Waals surface area contributed by atoms with E-state index in [4.69, 9.17) is 4.42 Å². The normalized spacial score (nSPS) is 17.2. The van der Waals surface area contributed by atoms with Crippen LogP contribution in [-0.2, 0) is 0 Å². The summed E-state index contributed by atoms with van der Waals surface area (Å²) >= 11 is 0. The minimum Gasteiger partial charge on any atom is -0.444 e. The highest BCUT2D eigenvalue weighted by Gasteiger charge is 2.27. The van der Waals surface area contributed by atoms with Gasteiger partial charge in [-0.05, 0) is 57.6 Å². The number of pyridine rings is 1. The molecule has 5 rings (SSSR count). The van der Waals surface area contributed by atoms with Crippen molar-refractivity contribution in [2.24, 2.45) is 5.92 Å². The van der Waals surface area contributed by atoms with Crippen molar-refractivity contribution in [3.63, 3.8) is 0 Å². The second kappa shape index (κ2) is 10.3. The average molecular weight is 500 g/mol. The maximum absolute atomic E-state index is 13.7. The number of nitrogens with one attached hydrogen (secondary N) is 2. The Hall–Kier alpha value is -3.34. The molecular weight excluding hydrogens is 468 g/mol. The summed E-state index contributed by atoms with van der Waals surface area (Å²) < 4.78 is 34.5. The van der Waals surface area contributed by atoms with E-state index in [1.807, 2.05) is 0 Å². The molecule has 1 aliphatic carbocycles. The number of aromatic nitrogens is 4. The van der Waals surface area contributed by atoms with Crippen molar-refractivity contribution >= 4 is 17.4 Å². The first kappa shape index (κ1) is 24.4. The summed E-state index contributed by atoms with van der Waals surface area (Å²) in [7, 11) is 0. The second-order valence-corrected chi connectivity index (χ2v) is 9.82.